The standard InChI is InChI=1S/C11H9F2N3O/c1-6-10(13)11(16-5-15-6)17-7-2-3-9(14)8(12)4-7/h2-5H,14H2,1H3. The highest BCUT2D eigenvalue weighted by Crippen LogP contribution is 2.25. The number of ether oxygens (including phenoxy) is 1. The van der Waals surface area contributed by atoms with Crippen LogP contribution in [0.25, 0.3) is 0 Å². The number of benzene rings is 1. The Morgan fingerprint density at radius 3 is 2.71 bits per heavy atom. The van der Waals surface area contributed by atoms with Gasteiger partial charge >= 0.3 is 0 Å². The monoisotopic (exact) mass is 237 g/mol. The average molecular weight is 237 g/mol. The quantitative estimate of drug-likeness (QED) is 0.815. The molecule has 2 aromatic rings. The minimum Gasteiger partial charge on any atom is -0.436 e. The van der Waals surface area contributed by atoms with Gasteiger partial charge in [-0.15, -0.1) is 0 Å². The van der Waals surface area contributed by atoms with Gasteiger partial charge in [-0.25, -0.2) is 9.37 Å². The van der Waals surface area contributed by atoms with Gasteiger partial charge in [0, 0.05) is 6.07 Å². The van der Waals surface area contributed by atoms with Crippen molar-refractivity contribution >= 4 is 5.69 Å². The Morgan fingerprint density at radius 1 is 1.24 bits per heavy atom. The molecule has 0 aliphatic heterocycles. The molecule has 0 aliphatic carbocycles. The molecule has 0 saturated carbocycles. The van der Waals surface area contributed by atoms with Crippen LogP contribution in [-0.2, 0) is 0 Å². The largest absolute Gasteiger partial charge is 0.436 e. The van der Waals surface area contributed by atoms with Crippen LogP contribution in [0.5, 0.6) is 11.6 Å². The van der Waals surface area contributed by atoms with Gasteiger partial charge in [0.25, 0.3) is 5.88 Å². The first kappa shape index (κ1) is 11.3. The van der Waals surface area contributed by atoms with E-state index in [0.717, 1.165) is 6.07 Å². The molecule has 1 heterocycles. The van der Waals surface area contributed by atoms with E-state index in [1.54, 1.807) is 0 Å². The molecule has 1 aromatic heterocycles. The molecule has 2 N–H and O–H groups in total. The van der Waals surface area contributed by atoms with E-state index >= 15 is 0 Å². The fourth-order valence-corrected chi connectivity index (χ4v) is 1.19. The van der Waals surface area contributed by atoms with Crippen LogP contribution in [0.3, 0.4) is 0 Å². The summed E-state index contributed by atoms with van der Waals surface area (Å²) in [7, 11) is 0. The second kappa shape index (κ2) is 4.32. The lowest BCUT2D eigenvalue weighted by atomic mass is 10.3. The maximum absolute atomic E-state index is 13.5. The highest BCUT2D eigenvalue weighted by atomic mass is 19.1. The number of halogens is 2. The van der Waals surface area contributed by atoms with E-state index in [1.807, 2.05) is 0 Å². The smallest absolute Gasteiger partial charge is 0.259 e. The van der Waals surface area contributed by atoms with Gasteiger partial charge in [-0.1, -0.05) is 0 Å². The van der Waals surface area contributed by atoms with Crippen LogP contribution in [-0.4, -0.2) is 9.97 Å². The Balaban J connectivity index is 2.31. The first-order chi connectivity index (χ1) is 8.08. The zero-order valence-corrected chi connectivity index (χ0v) is 8.95. The maximum Gasteiger partial charge on any atom is 0.259 e. The van der Waals surface area contributed by atoms with Crippen LogP contribution in [0.1, 0.15) is 5.69 Å². The number of aryl methyl sites for hydroxylation is 1. The van der Waals surface area contributed by atoms with E-state index in [4.69, 9.17) is 10.5 Å². The number of nitrogens with two attached hydrogens (primary N) is 1. The van der Waals surface area contributed by atoms with Crippen molar-refractivity contribution in [3.63, 3.8) is 0 Å². The SMILES string of the molecule is Cc1ncnc(Oc2ccc(N)c(F)c2)c1F. The highest BCUT2D eigenvalue weighted by Gasteiger charge is 2.10. The molecule has 0 saturated heterocycles. The van der Waals surface area contributed by atoms with Gasteiger partial charge in [-0.3, -0.25) is 0 Å². The average Bonchev–Trinajstić information content (AvgIpc) is 2.30. The second-order valence-corrected chi connectivity index (χ2v) is 3.36. The van der Waals surface area contributed by atoms with Crippen molar-refractivity contribution in [3.05, 3.63) is 41.9 Å². The van der Waals surface area contributed by atoms with Crippen molar-refractivity contribution in [2.75, 3.05) is 5.73 Å². The Bertz CT molecular complexity index is 560. The Morgan fingerprint density at radius 2 is 2.00 bits per heavy atom. The van der Waals surface area contributed by atoms with E-state index in [-0.39, 0.29) is 23.0 Å². The first-order valence-electron chi connectivity index (χ1n) is 4.78. The highest BCUT2D eigenvalue weighted by molar-refractivity contribution is 5.44. The molecule has 0 fully saturated rings. The molecule has 4 nitrogen and oxygen atoms in total. The number of aromatic nitrogens is 2. The van der Waals surface area contributed by atoms with E-state index in [1.165, 1.54) is 25.4 Å². The number of nitrogens with zero attached hydrogens (tertiary/aromatic N) is 2. The van der Waals surface area contributed by atoms with Crippen molar-refractivity contribution in [2.24, 2.45) is 0 Å². The summed E-state index contributed by atoms with van der Waals surface area (Å²) in [6, 6.07) is 3.82. The molecule has 0 bridgehead atoms. The minimum absolute atomic E-state index is 0.00306. The van der Waals surface area contributed by atoms with Crippen molar-refractivity contribution in [1.82, 2.24) is 9.97 Å². The third kappa shape index (κ3) is 2.30. The van der Waals surface area contributed by atoms with Gasteiger partial charge in [0.15, 0.2) is 0 Å². The molecule has 0 aliphatic rings. The van der Waals surface area contributed by atoms with Gasteiger partial charge < -0.3 is 10.5 Å². The number of anilines is 1. The normalized spacial score (nSPS) is 10.3. The zero-order valence-electron chi connectivity index (χ0n) is 8.95. The number of nitrogen functional groups attached to an aromatic ring is 1. The zero-order chi connectivity index (χ0) is 12.4. The predicted molar refractivity (Wildman–Crippen MR) is 57.6 cm³/mol. The summed E-state index contributed by atoms with van der Waals surface area (Å²) < 4.78 is 31.7. The summed E-state index contributed by atoms with van der Waals surface area (Å²) in [6.07, 6.45) is 1.17. The predicted octanol–water partition coefficient (Wildman–Crippen LogP) is 2.44. The fourth-order valence-electron chi connectivity index (χ4n) is 1.19. The van der Waals surface area contributed by atoms with Crippen molar-refractivity contribution < 1.29 is 13.5 Å². The third-order valence-electron chi connectivity index (χ3n) is 2.12. The second-order valence-electron chi connectivity index (χ2n) is 3.36. The number of hydrogen-bond acceptors (Lipinski definition) is 4. The summed E-state index contributed by atoms with van der Waals surface area (Å²) in [6.45, 7) is 1.48. The molecule has 0 atom stereocenters. The van der Waals surface area contributed by atoms with Gasteiger partial charge in [0.05, 0.1) is 11.4 Å². The van der Waals surface area contributed by atoms with E-state index in [0.29, 0.717) is 0 Å². The van der Waals surface area contributed by atoms with Gasteiger partial charge in [0.1, 0.15) is 17.9 Å². The van der Waals surface area contributed by atoms with Gasteiger partial charge in [-0.05, 0) is 19.1 Å². The van der Waals surface area contributed by atoms with Crippen LogP contribution in [0.2, 0.25) is 0 Å². The maximum atomic E-state index is 13.5. The molecule has 17 heavy (non-hydrogen) atoms. The van der Waals surface area contributed by atoms with Crippen LogP contribution < -0.4 is 10.5 Å². The number of hydrogen-bond donors (Lipinski definition) is 1. The molecule has 0 spiro atoms. The molecule has 0 radical (unpaired) electrons. The molecule has 88 valence electrons. The molecular weight excluding hydrogens is 228 g/mol. The topological polar surface area (TPSA) is 61.0 Å². The summed E-state index contributed by atoms with van der Waals surface area (Å²) in [5.74, 6) is -1.44. The van der Waals surface area contributed by atoms with Gasteiger partial charge in [0.2, 0.25) is 5.82 Å². The van der Waals surface area contributed by atoms with E-state index in [9.17, 15) is 8.78 Å². The summed E-state index contributed by atoms with van der Waals surface area (Å²) in [5.41, 5.74) is 5.46. The van der Waals surface area contributed by atoms with E-state index in [2.05, 4.69) is 9.97 Å². The molecule has 6 heteroatoms. The Labute approximate surface area is 96.1 Å². The molecule has 0 unspecified atom stereocenters. The van der Waals surface area contributed by atoms with Gasteiger partial charge in [-0.2, -0.15) is 9.37 Å². The lowest BCUT2D eigenvalue weighted by Crippen LogP contribution is -1.97. The minimum atomic E-state index is -0.676. The van der Waals surface area contributed by atoms with Crippen LogP contribution in [0.4, 0.5) is 14.5 Å². The first-order valence-corrected chi connectivity index (χ1v) is 4.78. The number of rotatable bonds is 2. The van der Waals surface area contributed by atoms with Crippen LogP contribution >= 0.6 is 0 Å². The van der Waals surface area contributed by atoms with Crippen LogP contribution in [0, 0.1) is 18.6 Å². The van der Waals surface area contributed by atoms with Crippen LogP contribution in [0.15, 0.2) is 24.5 Å². The summed E-state index contributed by atoms with van der Waals surface area (Å²) in [5, 5.41) is 0. The molecule has 2 rings (SSSR count). The molecule has 1 aromatic carbocycles. The van der Waals surface area contributed by atoms with Crippen molar-refractivity contribution in [2.45, 2.75) is 6.92 Å². The lowest BCUT2D eigenvalue weighted by Gasteiger charge is -2.06. The van der Waals surface area contributed by atoms with E-state index < -0.39 is 11.6 Å². The molecular formula is C11H9F2N3O. The van der Waals surface area contributed by atoms with Crippen molar-refractivity contribution in [1.29, 1.82) is 0 Å². The van der Waals surface area contributed by atoms with Crippen molar-refractivity contribution in [3.8, 4) is 11.6 Å². The summed E-state index contributed by atoms with van der Waals surface area (Å²) >= 11 is 0. The molecule has 0 amide bonds. The Kier molecular flexibility index (Phi) is 2.86. The third-order valence-corrected chi connectivity index (χ3v) is 2.12. The lowest BCUT2D eigenvalue weighted by molar-refractivity contribution is 0.414. The fraction of sp³-hybridized carbons (Fsp3) is 0.0909. The summed E-state index contributed by atoms with van der Waals surface area (Å²) in [4.78, 5) is 7.28. The Hall–Kier alpha value is -2.24.